The lowest BCUT2D eigenvalue weighted by molar-refractivity contribution is 0.0904. The minimum Gasteiger partial charge on any atom is -0.274 e. The number of imidazole rings is 1. The molecule has 1 aromatic carbocycles. The van der Waals surface area contributed by atoms with Gasteiger partial charge < -0.3 is 0 Å². The van der Waals surface area contributed by atoms with Gasteiger partial charge in [0.2, 0.25) is 5.91 Å². The molecule has 3 heteroatoms. The number of aryl methyl sites for hydroxylation is 2. The summed E-state index contributed by atoms with van der Waals surface area (Å²) in [6.45, 7) is 6.21. The molecule has 3 nitrogen and oxygen atoms in total. The Morgan fingerprint density at radius 1 is 1.29 bits per heavy atom. The van der Waals surface area contributed by atoms with E-state index in [9.17, 15) is 4.79 Å². The Balaban J connectivity index is 2.42. The summed E-state index contributed by atoms with van der Waals surface area (Å²) in [4.78, 5) is 16.3. The van der Waals surface area contributed by atoms with Gasteiger partial charge in [-0.15, -0.1) is 0 Å². The molecule has 1 heterocycles. The zero-order valence-corrected chi connectivity index (χ0v) is 10.7. The third kappa shape index (κ3) is 2.23. The van der Waals surface area contributed by atoms with Gasteiger partial charge in [0.25, 0.3) is 0 Å². The third-order valence-electron chi connectivity index (χ3n) is 3.18. The van der Waals surface area contributed by atoms with Crippen LogP contribution in [0.5, 0.6) is 0 Å². The lowest BCUT2D eigenvalue weighted by atomic mass is 10.1. The number of hydrogen-bond donors (Lipinski definition) is 0. The van der Waals surface area contributed by atoms with Crippen LogP contribution >= 0.6 is 0 Å². The van der Waals surface area contributed by atoms with E-state index in [1.165, 1.54) is 11.1 Å². The smallest absolute Gasteiger partial charge is 0.232 e. The average Bonchev–Trinajstić information content (AvgIpc) is 2.69. The summed E-state index contributed by atoms with van der Waals surface area (Å²) < 4.78 is 1.68. The van der Waals surface area contributed by atoms with Crippen molar-refractivity contribution in [1.82, 2.24) is 9.55 Å². The monoisotopic (exact) mass is 230 g/mol. The molecule has 0 radical (unpaired) electrons. The van der Waals surface area contributed by atoms with Gasteiger partial charge in [-0.25, -0.2) is 4.98 Å². The summed E-state index contributed by atoms with van der Waals surface area (Å²) in [5, 5.41) is 0. The third-order valence-corrected chi connectivity index (χ3v) is 3.18. The van der Waals surface area contributed by atoms with Crippen LogP contribution in [0.3, 0.4) is 0 Å². The number of rotatable bonds is 3. The van der Waals surface area contributed by atoms with E-state index in [0.717, 1.165) is 23.9 Å². The molecule has 0 fully saturated rings. The fourth-order valence-electron chi connectivity index (χ4n) is 1.91. The van der Waals surface area contributed by atoms with E-state index < -0.39 is 0 Å². The number of nitrogens with zero attached hydrogens (tertiary/aromatic N) is 2. The summed E-state index contributed by atoms with van der Waals surface area (Å²) >= 11 is 0. The first kappa shape index (κ1) is 11.8. The van der Waals surface area contributed by atoms with Crippen LogP contribution in [0.2, 0.25) is 0 Å². The fourth-order valence-corrected chi connectivity index (χ4v) is 1.91. The topological polar surface area (TPSA) is 34.9 Å². The van der Waals surface area contributed by atoms with Crippen LogP contribution in [0, 0.1) is 13.8 Å². The lowest BCUT2D eigenvalue weighted by Gasteiger charge is -2.04. The van der Waals surface area contributed by atoms with Crippen LogP contribution in [0.1, 0.15) is 42.1 Å². The summed E-state index contributed by atoms with van der Waals surface area (Å²) in [6.07, 6.45) is 4.20. The predicted molar refractivity (Wildman–Crippen MR) is 69.4 cm³/mol. The first-order valence-electron chi connectivity index (χ1n) is 6.11. The van der Waals surface area contributed by atoms with Crippen LogP contribution in [-0.2, 0) is 0 Å². The standard InChI is InChI=1S/C14H18N2O/c1-4-5-6-14(17)16-9-15-12-7-10(2)11(3)8-13(12)16/h7-9H,4-6H2,1-3H3. The molecule has 0 aliphatic heterocycles. The molecule has 0 saturated carbocycles. The summed E-state index contributed by atoms with van der Waals surface area (Å²) in [5.41, 5.74) is 4.23. The summed E-state index contributed by atoms with van der Waals surface area (Å²) in [7, 11) is 0. The molecular formula is C14H18N2O. The van der Waals surface area contributed by atoms with Gasteiger partial charge in [0.05, 0.1) is 11.0 Å². The van der Waals surface area contributed by atoms with Gasteiger partial charge in [-0.2, -0.15) is 0 Å². The molecule has 0 spiro atoms. The van der Waals surface area contributed by atoms with Gasteiger partial charge in [0.15, 0.2) is 0 Å². The molecule has 90 valence electrons. The predicted octanol–water partition coefficient (Wildman–Crippen LogP) is 3.48. The van der Waals surface area contributed by atoms with Crippen LogP contribution in [0.25, 0.3) is 11.0 Å². The number of carbonyl (C=O) groups is 1. The molecule has 2 rings (SSSR count). The number of hydrogen-bond acceptors (Lipinski definition) is 2. The molecule has 0 aliphatic carbocycles. The number of carbonyl (C=O) groups excluding carboxylic acids is 1. The van der Waals surface area contributed by atoms with Crippen molar-refractivity contribution in [2.75, 3.05) is 0 Å². The van der Waals surface area contributed by atoms with Crippen molar-refractivity contribution in [3.63, 3.8) is 0 Å². The highest BCUT2D eigenvalue weighted by atomic mass is 16.2. The van der Waals surface area contributed by atoms with Crippen LogP contribution in [-0.4, -0.2) is 15.5 Å². The largest absolute Gasteiger partial charge is 0.274 e. The molecule has 0 N–H and O–H groups in total. The fraction of sp³-hybridized carbons (Fsp3) is 0.429. The van der Waals surface area contributed by atoms with Crippen LogP contribution in [0.15, 0.2) is 18.5 Å². The van der Waals surface area contributed by atoms with Crippen molar-refractivity contribution in [2.45, 2.75) is 40.0 Å². The van der Waals surface area contributed by atoms with Crippen LogP contribution in [0.4, 0.5) is 0 Å². The first-order chi connectivity index (χ1) is 8.13. The molecule has 0 aliphatic rings. The number of unbranched alkanes of at least 4 members (excludes halogenated alkanes) is 1. The molecular weight excluding hydrogens is 212 g/mol. The van der Waals surface area contributed by atoms with E-state index >= 15 is 0 Å². The lowest BCUT2D eigenvalue weighted by Crippen LogP contribution is -2.08. The van der Waals surface area contributed by atoms with Crippen molar-refractivity contribution in [3.8, 4) is 0 Å². The molecule has 0 amide bonds. The number of benzene rings is 1. The maximum absolute atomic E-state index is 12.0. The zero-order chi connectivity index (χ0) is 12.4. The van der Waals surface area contributed by atoms with E-state index in [1.807, 2.05) is 12.1 Å². The molecule has 2 aromatic rings. The Hall–Kier alpha value is -1.64. The Kier molecular flexibility index (Phi) is 3.27. The van der Waals surface area contributed by atoms with Crippen molar-refractivity contribution >= 4 is 16.9 Å². The second-order valence-electron chi connectivity index (χ2n) is 4.54. The van der Waals surface area contributed by atoms with Gasteiger partial charge in [0.1, 0.15) is 6.33 Å². The van der Waals surface area contributed by atoms with E-state index in [4.69, 9.17) is 0 Å². The zero-order valence-electron chi connectivity index (χ0n) is 10.7. The first-order valence-corrected chi connectivity index (χ1v) is 6.11. The molecule has 17 heavy (non-hydrogen) atoms. The highest BCUT2D eigenvalue weighted by Gasteiger charge is 2.10. The van der Waals surface area contributed by atoms with Gasteiger partial charge in [-0.05, 0) is 43.5 Å². The van der Waals surface area contributed by atoms with E-state index in [0.29, 0.717) is 6.42 Å². The van der Waals surface area contributed by atoms with E-state index in [-0.39, 0.29) is 5.91 Å². The van der Waals surface area contributed by atoms with Gasteiger partial charge in [-0.3, -0.25) is 9.36 Å². The molecule has 0 unspecified atom stereocenters. The molecule has 0 atom stereocenters. The average molecular weight is 230 g/mol. The molecule has 0 bridgehead atoms. The molecule has 0 saturated heterocycles. The Morgan fingerprint density at radius 2 is 2.00 bits per heavy atom. The number of fused-ring (bicyclic) bond motifs is 1. The minimum absolute atomic E-state index is 0.137. The van der Waals surface area contributed by atoms with E-state index in [1.54, 1.807) is 10.9 Å². The van der Waals surface area contributed by atoms with Crippen LogP contribution < -0.4 is 0 Å². The van der Waals surface area contributed by atoms with Crippen molar-refractivity contribution in [3.05, 3.63) is 29.6 Å². The van der Waals surface area contributed by atoms with Crippen molar-refractivity contribution in [2.24, 2.45) is 0 Å². The quantitative estimate of drug-likeness (QED) is 0.809. The maximum atomic E-state index is 12.0. The normalized spacial score (nSPS) is 11.0. The SMILES string of the molecule is CCCCC(=O)n1cnc2cc(C)c(C)cc21. The van der Waals surface area contributed by atoms with Gasteiger partial charge in [-0.1, -0.05) is 13.3 Å². The van der Waals surface area contributed by atoms with Crippen molar-refractivity contribution < 1.29 is 4.79 Å². The Morgan fingerprint density at radius 3 is 2.71 bits per heavy atom. The summed E-state index contributed by atoms with van der Waals surface area (Å²) in [5.74, 6) is 0.137. The Labute approximate surface area is 101 Å². The Bertz CT molecular complexity index is 555. The van der Waals surface area contributed by atoms with E-state index in [2.05, 4.69) is 25.8 Å². The van der Waals surface area contributed by atoms with Crippen molar-refractivity contribution in [1.29, 1.82) is 0 Å². The second-order valence-corrected chi connectivity index (χ2v) is 4.54. The minimum atomic E-state index is 0.137. The van der Waals surface area contributed by atoms with Gasteiger partial charge in [0, 0.05) is 6.42 Å². The molecule has 1 aromatic heterocycles. The highest BCUT2D eigenvalue weighted by molar-refractivity contribution is 5.90. The van der Waals surface area contributed by atoms with Gasteiger partial charge >= 0.3 is 0 Å². The maximum Gasteiger partial charge on any atom is 0.232 e. The summed E-state index contributed by atoms with van der Waals surface area (Å²) in [6, 6.07) is 4.08. The highest BCUT2D eigenvalue weighted by Crippen LogP contribution is 2.18. The second kappa shape index (κ2) is 4.70. The number of aromatic nitrogens is 2.